The van der Waals surface area contributed by atoms with Crippen molar-refractivity contribution >= 4 is 17.1 Å². The van der Waals surface area contributed by atoms with Crippen LogP contribution in [0.5, 0.6) is 0 Å². The van der Waals surface area contributed by atoms with Gasteiger partial charge in [0.15, 0.2) is 17.0 Å². The average Bonchev–Trinajstić information content (AvgIpc) is 3.53. The molecule has 0 bridgehead atoms. The molecule has 0 aromatic carbocycles. The van der Waals surface area contributed by atoms with E-state index in [1.807, 2.05) is 18.3 Å². The molecule has 30 heavy (non-hydrogen) atoms. The van der Waals surface area contributed by atoms with E-state index in [9.17, 15) is 0 Å². The van der Waals surface area contributed by atoms with Crippen molar-refractivity contribution in [1.82, 2.24) is 39.7 Å². The molecule has 4 aromatic heterocycles. The molecule has 0 unspecified atom stereocenters. The first-order chi connectivity index (χ1) is 14.8. The zero-order chi connectivity index (χ0) is 20.3. The average molecular weight is 400 g/mol. The predicted octanol–water partition coefficient (Wildman–Crippen LogP) is 2.74. The van der Waals surface area contributed by atoms with E-state index in [1.54, 1.807) is 28.0 Å². The number of pyridine rings is 1. The first-order valence-corrected chi connectivity index (χ1v) is 10.0. The molecule has 0 saturated heterocycles. The number of nitrogens with one attached hydrogen (secondary N) is 1. The molecule has 1 saturated carbocycles. The standard InChI is InChI=1S/C20H20N10/c21-8-3-9-29-13-15(11-24-29)14-6-7-18(22-10-14)30-19-17(27-28-30)12-23-20(26-19)25-16-4-1-2-5-16/h6-7,10-13,16H,1-5,9H2,(H,23,25,26). The fourth-order valence-electron chi connectivity index (χ4n) is 3.69. The van der Waals surface area contributed by atoms with Crippen LogP contribution in [0.15, 0.2) is 36.9 Å². The Bertz CT molecular complexity index is 1190. The molecular formula is C20H20N10. The Hall–Kier alpha value is -3.87. The number of nitriles is 1. The molecular weight excluding hydrogens is 380 g/mol. The molecule has 10 heteroatoms. The van der Waals surface area contributed by atoms with Crippen LogP contribution < -0.4 is 5.32 Å². The maximum absolute atomic E-state index is 8.71. The lowest BCUT2D eigenvalue weighted by molar-refractivity contribution is 0.628. The van der Waals surface area contributed by atoms with Crippen molar-refractivity contribution in [2.24, 2.45) is 0 Å². The van der Waals surface area contributed by atoms with Crippen LogP contribution in [0.1, 0.15) is 32.1 Å². The summed E-state index contributed by atoms with van der Waals surface area (Å²) in [5.74, 6) is 1.22. The van der Waals surface area contributed by atoms with Gasteiger partial charge < -0.3 is 5.32 Å². The largest absolute Gasteiger partial charge is 0.351 e. The van der Waals surface area contributed by atoms with Crippen LogP contribution in [-0.2, 0) is 6.54 Å². The summed E-state index contributed by atoms with van der Waals surface area (Å²) < 4.78 is 3.38. The Balaban J connectivity index is 1.39. The lowest BCUT2D eigenvalue weighted by Crippen LogP contribution is -2.16. The SMILES string of the molecule is N#CCCn1cc(-c2ccc(-n3nnc4cnc(NC5CCCC5)nc43)nc2)cn1. The number of anilines is 1. The van der Waals surface area contributed by atoms with Gasteiger partial charge >= 0.3 is 0 Å². The van der Waals surface area contributed by atoms with Gasteiger partial charge in [-0.25, -0.2) is 9.97 Å². The molecule has 1 fully saturated rings. The molecule has 0 amide bonds. The highest BCUT2D eigenvalue weighted by Gasteiger charge is 2.17. The number of aromatic nitrogens is 8. The van der Waals surface area contributed by atoms with E-state index in [0.29, 0.717) is 41.9 Å². The highest BCUT2D eigenvalue weighted by atomic mass is 15.5. The molecule has 10 nitrogen and oxygen atoms in total. The fourth-order valence-corrected chi connectivity index (χ4v) is 3.69. The molecule has 1 aliphatic rings. The van der Waals surface area contributed by atoms with Crippen molar-refractivity contribution in [3.8, 4) is 23.0 Å². The topological polar surface area (TPSA) is 123 Å². The summed E-state index contributed by atoms with van der Waals surface area (Å²) in [7, 11) is 0. The summed E-state index contributed by atoms with van der Waals surface area (Å²) in [6.07, 6.45) is 12.3. The predicted molar refractivity (Wildman–Crippen MR) is 110 cm³/mol. The zero-order valence-electron chi connectivity index (χ0n) is 16.3. The summed E-state index contributed by atoms with van der Waals surface area (Å²) in [6.45, 7) is 0.573. The second kappa shape index (κ2) is 7.87. The van der Waals surface area contributed by atoms with Crippen LogP contribution in [-0.4, -0.2) is 45.8 Å². The number of nitrogens with zero attached hydrogens (tertiary/aromatic N) is 9. The van der Waals surface area contributed by atoms with E-state index in [2.05, 4.69) is 41.7 Å². The minimum Gasteiger partial charge on any atom is -0.351 e. The summed E-state index contributed by atoms with van der Waals surface area (Å²) in [6, 6.07) is 6.39. The Kier molecular flexibility index (Phi) is 4.77. The smallest absolute Gasteiger partial charge is 0.225 e. The summed E-state index contributed by atoms with van der Waals surface area (Å²) in [5.41, 5.74) is 3.12. The van der Waals surface area contributed by atoms with Gasteiger partial charge in [-0.15, -0.1) is 5.10 Å². The van der Waals surface area contributed by atoms with Crippen LogP contribution in [0, 0.1) is 11.3 Å². The van der Waals surface area contributed by atoms with Gasteiger partial charge in [-0.3, -0.25) is 4.68 Å². The molecule has 0 atom stereocenters. The van der Waals surface area contributed by atoms with Crippen LogP contribution in [0.2, 0.25) is 0 Å². The van der Waals surface area contributed by atoms with E-state index in [1.165, 1.54) is 12.8 Å². The van der Waals surface area contributed by atoms with Crippen molar-refractivity contribution in [2.75, 3.05) is 5.32 Å². The number of fused-ring (bicyclic) bond motifs is 1. The molecule has 0 radical (unpaired) electrons. The summed E-state index contributed by atoms with van der Waals surface area (Å²) in [4.78, 5) is 13.5. The lowest BCUT2D eigenvalue weighted by atomic mass is 10.2. The number of hydrogen-bond donors (Lipinski definition) is 1. The highest BCUT2D eigenvalue weighted by Crippen LogP contribution is 2.22. The number of hydrogen-bond acceptors (Lipinski definition) is 8. The van der Waals surface area contributed by atoms with Gasteiger partial charge in [0.05, 0.1) is 31.4 Å². The maximum atomic E-state index is 8.71. The molecule has 0 spiro atoms. The van der Waals surface area contributed by atoms with Gasteiger partial charge in [-0.05, 0) is 25.0 Å². The van der Waals surface area contributed by atoms with Gasteiger partial charge in [-0.2, -0.15) is 20.0 Å². The highest BCUT2D eigenvalue weighted by molar-refractivity contribution is 5.72. The third kappa shape index (κ3) is 3.57. The van der Waals surface area contributed by atoms with E-state index in [-0.39, 0.29) is 0 Å². The Morgan fingerprint density at radius 1 is 1.10 bits per heavy atom. The zero-order valence-corrected chi connectivity index (χ0v) is 16.3. The normalized spacial score (nSPS) is 14.2. The molecule has 5 rings (SSSR count). The molecule has 4 heterocycles. The number of aryl methyl sites for hydroxylation is 1. The van der Waals surface area contributed by atoms with Crippen LogP contribution in [0.25, 0.3) is 28.1 Å². The van der Waals surface area contributed by atoms with Crippen molar-refractivity contribution in [3.05, 3.63) is 36.9 Å². The van der Waals surface area contributed by atoms with E-state index in [4.69, 9.17) is 5.26 Å². The van der Waals surface area contributed by atoms with E-state index >= 15 is 0 Å². The van der Waals surface area contributed by atoms with Crippen molar-refractivity contribution < 1.29 is 0 Å². The Morgan fingerprint density at radius 3 is 2.80 bits per heavy atom. The molecule has 0 aliphatic heterocycles. The van der Waals surface area contributed by atoms with Crippen LogP contribution >= 0.6 is 0 Å². The third-order valence-electron chi connectivity index (χ3n) is 5.27. The van der Waals surface area contributed by atoms with Crippen molar-refractivity contribution in [1.29, 1.82) is 5.26 Å². The second-order valence-electron chi connectivity index (χ2n) is 7.33. The molecule has 1 N–H and O–H groups in total. The molecule has 150 valence electrons. The monoisotopic (exact) mass is 400 g/mol. The molecule has 1 aliphatic carbocycles. The van der Waals surface area contributed by atoms with E-state index < -0.39 is 0 Å². The van der Waals surface area contributed by atoms with Crippen molar-refractivity contribution in [2.45, 2.75) is 44.7 Å². The minimum atomic E-state index is 0.428. The fraction of sp³-hybridized carbons (Fsp3) is 0.350. The van der Waals surface area contributed by atoms with Gasteiger partial charge in [0, 0.05) is 29.6 Å². The third-order valence-corrected chi connectivity index (χ3v) is 5.27. The maximum Gasteiger partial charge on any atom is 0.225 e. The summed E-state index contributed by atoms with van der Waals surface area (Å²) in [5, 5.41) is 24.8. The van der Waals surface area contributed by atoms with Crippen LogP contribution in [0.4, 0.5) is 5.95 Å². The van der Waals surface area contributed by atoms with E-state index in [0.717, 1.165) is 24.0 Å². The Morgan fingerprint density at radius 2 is 2.00 bits per heavy atom. The van der Waals surface area contributed by atoms with Crippen molar-refractivity contribution in [3.63, 3.8) is 0 Å². The van der Waals surface area contributed by atoms with Gasteiger partial charge in [0.1, 0.15) is 0 Å². The first kappa shape index (κ1) is 18.2. The lowest BCUT2D eigenvalue weighted by Gasteiger charge is -2.11. The Labute approximate surface area is 172 Å². The van der Waals surface area contributed by atoms with Crippen LogP contribution in [0.3, 0.4) is 0 Å². The minimum absolute atomic E-state index is 0.428. The van der Waals surface area contributed by atoms with Gasteiger partial charge in [0.2, 0.25) is 5.95 Å². The summed E-state index contributed by atoms with van der Waals surface area (Å²) >= 11 is 0. The second-order valence-corrected chi connectivity index (χ2v) is 7.33. The van der Waals surface area contributed by atoms with Gasteiger partial charge in [-0.1, -0.05) is 18.1 Å². The number of rotatable bonds is 6. The molecule has 4 aromatic rings. The quantitative estimate of drug-likeness (QED) is 0.524. The first-order valence-electron chi connectivity index (χ1n) is 10.0. The van der Waals surface area contributed by atoms with Gasteiger partial charge in [0.25, 0.3) is 0 Å².